The fraction of sp³-hybridized carbons (Fsp3) is 0. The molecule has 0 saturated heterocycles. The summed E-state index contributed by atoms with van der Waals surface area (Å²) < 4.78 is 0. The Labute approximate surface area is 43.7 Å². The second-order valence-electron chi connectivity index (χ2n) is 0.729. The van der Waals surface area contributed by atoms with Crippen LogP contribution in [0.15, 0.2) is 10.4 Å². The molecule has 0 aliphatic heterocycles. The second kappa shape index (κ2) is 3.88. The SMILES string of the molecule is O=C/C(=N\N=O)OO. The van der Waals surface area contributed by atoms with Gasteiger partial charge in [0, 0.05) is 0 Å². The Hall–Kier alpha value is -1.30. The lowest BCUT2D eigenvalue weighted by Crippen LogP contribution is -2.00. The molecule has 44 valence electrons. The lowest BCUT2D eigenvalue weighted by atomic mass is 10.8. The fourth-order valence-electron chi connectivity index (χ4n) is 0.104. The van der Waals surface area contributed by atoms with Crippen LogP contribution in [0.2, 0.25) is 0 Å². The van der Waals surface area contributed by atoms with E-state index in [-0.39, 0.29) is 6.29 Å². The van der Waals surface area contributed by atoms with Gasteiger partial charge >= 0.3 is 5.90 Å². The minimum Gasteiger partial charge on any atom is -0.314 e. The van der Waals surface area contributed by atoms with Gasteiger partial charge < -0.3 is 4.89 Å². The summed E-state index contributed by atoms with van der Waals surface area (Å²) in [5, 5.41) is 12.0. The van der Waals surface area contributed by atoms with Gasteiger partial charge in [-0.25, -0.2) is 5.26 Å². The average Bonchev–Trinajstić information content (AvgIpc) is 1.83. The molecule has 0 saturated carbocycles. The quantitative estimate of drug-likeness (QED) is 0.135. The first-order chi connectivity index (χ1) is 3.85. The zero-order chi connectivity index (χ0) is 6.41. The Morgan fingerprint density at radius 1 is 1.75 bits per heavy atom. The standard InChI is InChI=1S/C2H2N2O4/c5-1-2(8-7)3-4-6/h1,7H/b3-2+. The van der Waals surface area contributed by atoms with Crippen molar-refractivity contribution < 1.29 is 14.9 Å². The molecule has 6 nitrogen and oxygen atoms in total. The van der Waals surface area contributed by atoms with Gasteiger partial charge in [-0.3, -0.25) is 4.79 Å². The van der Waals surface area contributed by atoms with Crippen molar-refractivity contribution in [3.05, 3.63) is 4.91 Å². The maximum atomic E-state index is 9.51. The van der Waals surface area contributed by atoms with Crippen molar-refractivity contribution in [3.63, 3.8) is 0 Å². The van der Waals surface area contributed by atoms with Gasteiger partial charge in [0.05, 0.1) is 5.29 Å². The molecule has 0 atom stereocenters. The van der Waals surface area contributed by atoms with E-state index in [0.29, 0.717) is 0 Å². The van der Waals surface area contributed by atoms with Crippen molar-refractivity contribution in [1.29, 1.82) is 0 Å². The Morgan fingerprint density at radius 3 is 2.50 bits per heavy atom. The van der Waals surface area contributed by atoms with Crippen LogP contribution in [0.1, 0.15) is 0 Å². The summed E-state index contributed by atoms with van der Waals surface area (Å²) in [5.41, 5.74) is 0. The summed E-state index contributed by atoms with van der Waals surface area (Å²) in [7, 11) is 0. The van der Waals surface area contributed by atoms with Crippen molar-refractivity contribution in [2.75, 3.05) is 0 Å². The van der Waals surface area contributed by atoms with Gasteiger partial charge in [0.2, 0.25) is 6.29 Å². The highest BCUT2D eigenvalue weighted by molar-refractivity contribution is 6.23. The lowest BCUT2D eigenvalue weighted by Gasteiger charge is -1.82. The number of nitrogens with zero attached hydrogens (tertiary/aromatic N) is 2. The number of nitroso groups, excluding NO2 is 1. The van der Waals surface area contributed by atoms with E-state index in [1.807, 2.05) is 5.29 Å². The first kappa shape index (κ1) is 6.70. The van der Waals surface area contributed by atoms with Crippen LogP contribution in [-0.2, 0) is 9.68 Å². The molecule has 0 aliphatic rings. The predicted octanol–water partition coefficient (Wildman–Crippen LogP) is -0.245. The third kappa shape index (κ3) is 1.98. The molecule has 0 aromatic carbocycles. The number of hydrogen-bond donors (Lipinski definition) is 1. The average molecular weight is 118 g/mol. The van der Waals surface area contributed by atoms with Crippen molar-refractivity contribution in [3.8, 4) is 0 Å². The van der Waals surface area contributed by atoms with Gasteiger partial charge in [-0.15, -0.1) is 4.91 Å². The zero-order valence-electron chi connectivity index (χ0n) is 3.64. The maximum Gasteiger partial charge on any atom is 0.317 e. The monoisotopic (exact) mass is 118 g/mol. The van der Waals surface area contributed by atoms with E-state index in [2.05, 4.69) is 9.99 Å². The van der Waals surface area contributed by atoms with Crippen LogP contribution in [0, 0.1) is 4.91 Å². The van der Waals surface area contributed by atoms with E-state index < -0.39 is 5.90 Å². The molecule has 0 heterocycles. The van der Waals surface area contributed by atoms with Crippen LogP contribution < -0.4 is 0 Å². The molecule has 0 aliphatic carbocycles. The highest BCUT2D eigenvalue weighted by Crippen LogP contribution is 1.73. The zero-order valence-corrected chi connectivity index (χ0v) is 3.64. The highest BCUT2D eigenvalue weighted by Gasteiger charge is 1.93. The molecule has 0 aromatic heterocycles. The number of carbonyl (C=O) groups is 1. The first-order valence-electron chi connectivity index (χ1n) is 1.52. The van der Waals surface area contributed by atoms with Gasteiger partial charge in [-0.2, -0.15) is 0 Å². The van der Waals surface area contributed by atoms with E-state index in [9.17, 15) is 4.79 Å². The Morgan fingerprint density at radius 2 is 2.38 bits per heavy atom. The largest absolute Gasteiger partial charge is 0.317 e. The molecule has 0 aromatic rings. The molecule has 0 fully saturated rings. The van der Waals surface area contributed by atoms with Crippen molar-refractivity contribution >= 4 is 12.2 Å². The molecule has 0 radical (unpaired) electrons. The van der Waals surface area contributed by atoms with E-state index in [1.165, 1.54) is 0 Å². The topological polar surface area (TPSA) is 88.3 Å². The number of aldehydes is 1. The van der Waals surface area contributed by atoms with Gasteiger partial charge in [0.1, 0.15) is 0 Å². The predicted molar refractivity (Wildman–Crippen MR) is 23.0 cm³/mol. The third-order valence-corrected chi connectivity index (χ3v) is 0.334. The smallest absolute Gasteiger partial charge is 0.314 e. The normalized spacial score (nSPS) is 10.4. The minimum absolute atomic E-state index is 0.0431. The summed E-state index contributed by atoms with van der Waals surface area (Å²) in [4.78, 5) is 21.9. The first-order valence-corrected chi connectivity index (χ1v) is 1.52. The highest BCUT2D eigenvalue weighted by atomic mass is 17.1. The number of rotatable bonds is 2. The van der Waals surface area contributed by atoms with Crippen molar-refractivity contribution in [1.82, 2.24) is 0 Å². The second-order valence-corrected chi connectivity index (χ2v) is 0.729. The summed E-state index contributed by atoms with van der Waals surface area (Å²) in [6, 6.07) is 0. The van der Waals surface area contributed by atoms with Gasteiger partial charge in [0.25, 0.3) is 0 Å². The van der Waals surface area contributed by atoms with Crippen LogP contribution in [0.5, 0.6) is 0 Å². The van der Waals surface area contributed by atoms with E-state index in [0.717, 1.165) is 0 Å². The molecule has 1 N–H and O–H groups in total. The molecule has 8 heavy (non-hydrogen) atoms. The minimum atomic E-state index is -0.764. The Kier molecular flexibility index (Phi) is 3.25. The molecular formula is C2H2N2O4. The molecule has 6 heteroatoms. The summed E-state index contributed by atoms with van der Waals surface area (Å²) in [6.45, 7) is 0. The van der Waals surface area contributed by atoms with Crippen LogP contribution in [0.25, 0.3) is 0 Å². The Bertz CT molecular complexity index is 119. The van der Waals surface area contributed by atoms with Crippen LogP contribution in [-0.4, -0.2) is 17.4 Å². The van der Waals surface area contributed by atoms with Gasteiger partial charge in [-0.1, -0.05) is 5.10 Å². The van der Waals surface area contributed by atoms with Crippen LogP contribution >= 0.6 is 0 Å². The van der Waals surface area contributed by atoms with Gasteiger partial charge in [0.15, 0.2) is 0 Å². The van der Waals surface area contributed by atoms with E-state index in [4.69, 9.17) is 10.2 Å². The van der Waals surface area contributed by atoms with E-state index in [1.54, 1.807) is 0 Å². The lowest BCUT2D eigenvalue weighted by molar-refractivity contribution is -0.158. The summed E-state index contributed by atoms with van der Waals surface area (Å²) in [5.74, 6) is -0.764. The van der Waals surface area contributed by atoms with Crippen LogP contribution in [0.4, 0.5) is 0 Å². The third-order valence-electron chi connectivity index (χ3n) is 0.334. The molecule has 0 unspecified atom stereocenters. The maximum absolute atomic E-state index is 9.51. The summed E-state index contributed by atoms with van der Waals surface area (Å²) in [6.07, 6.45) is 0.0431. The van der Waals surface area contributed by atoms with E-state index >= 15 is 0 Å². The number of hydrogen-bond acceptors (Lipinski definition) is 5. The summed E-state index contributed by atoms with van der Waals surface area (Å²) >= 11 is 0. The van der Waals surface area contributed by atoms with Crippen molar-refractivity contribution in [2.45, 2.75) is 0 Å². The van der Waals surface area contributed by atoms with Gasteiger partial charge in [-0.05, 0) is 0 Å². The molecule has 0 bridgehead atoms. The molecule has 0 amide bonds. The Balaban J connectivity index is 3.84. The molecular weight excluding hydrogens is 116 g/mol. The number of carbonyl (C=O) groups excluding carboxylic acids is 1. The van der Waals surface area contributed by atoms with Crippen LogP contribution in [0.3, 0.4) is 0 Å². The van der Waals surface area contributed by atoms with Crippen molar-refractivity contribution in [2.24, 2.45) is 10.4 Å². The molecule has 0 rings (SSSR count). The fourth-order valence-corrected chi connectivity index (χ4v) is 0.104. The molecule has 0 spiro atoms.